The first-order valence-corrected chi connectivity index (χ1v) is 10.8. The third-order valence-corrected chi connectivity index (χ3v) is 6.22. The molecule has 0 atom stereocenters. The number of thiophene rings is 1. The molecule has 7 heteroatoms. The van der Waals surface area contributed by atoms with Crippen LogP contribution in [0.4, 0.5) is 0 Å². The summed E-state index contributed by atoms with van der Waals surface area (Å²) in [5, 5.41) is 4.29. The van der Waals surface area contributed by atoms with E-state index in [1.165, 1.54) is 11.3 Å². The molecule has 3 aromatic rings. The Morgan fingerprint density at radius 3 is 2.47 bits per heavy atom. The maximum atomic E-state index is 13.0. The van der Waals surface area contributed by atoms with Gasteiger partial charge >= 0.3 is 5.97 Å². The third kappa shape index (κ3) is 4.52. The Bertz CT molecular complexity index is 1000. The molecule has 2 aromatic carbocycles. The number of methoxy groups -OCH3 is 2. The van der Waals surface area contributed by atoms with E-state index in [0.717, 1.165) is 41.6 Å². The van der Waals surface area contributed by atoms with Crippen LogP contribution in [0.5, 0.6) is 17.2 Å². The Kier molecular flexibility index (Phi) is 6.40. The van der Waals surface area contributed by atoms with Crippen molar-refractivity contribution in [1.82, 2.24) is 5.32 Å². The smallest absolute Gasteiger partial charge is 0.352 e. The predicted octanol–water partition coefficient (Wildman–Crippen LogP) is 4.41. The lowest BCUT2D eigenvalue weighted by Gasteiger charge is -2.24. The summed E-state index contributed by atoms with van der Waals surface area (Å²) in [4.78, 5) is 13.5. The third-order valence-electron chi connectivity index (χ3n) is 5.09. The summed E-state index contributed by atoms with van der Waals surface area (Å²) in [7, 11) is 3.18. The van der Waals surface area contributed by atoms with Gasteiger partial charge in [-0.2, -0.15) is 0 Å². The minimum absolute atomic E-state index is 0.0958. The second-order valence-corrected chi connectivity index (χ2v) is 8.17. The fourth-order valence-corrected chi connectivity index (χ4v) is 4.55. The molecule has 4 rings (SSSR count). The number of fused-ring (bicyclic) bond motifs is 1. The quantitative estimate of drug-likeness (QED) is 0.564. The number of benzene rings is 2. The van der Waals surface area contributed by atoms with Crippen molar-refractivity contribution in [3.05, 3.63) is 52.9 Å². The zero-order valence-corrected chi connectivity index (χ0v) is 17.9. The fourth-order valence-electron chi connectivity index (χ4n) is 3.52. The monoisotopic (exact) mass is 427 g/mol. The van der Waals surface area contributed by atoms with E-state index in [-0.39, 0.29) is 18.7 Å². The van der Waals surface area contributed by atoms with E-state index in [2.05, 4.69) is 5.32 Å². The lowest BCUT2D eigenvalue weighted by molar-refractivity contribution is 0.0470. The van der Waals surface area contributed by atoms with Gasteiger partial charge in [-0.25, -0.2) is 4.79 Å². The van der Waals surface area contributed by atoms with Crippen LogP contribution in [-0.4, -0.2) is 39.4 Å². The molecule has 0 amide bonds. The maximum absolute atomic E-state index is 13.0. The highest BCUT2D eigenvalue weighted by Gasteiger charge is 2.25. The topological polar surface area (TPSA) is 66.0 Å². The molecular formula is C23H25NO5S. The normalized spacial score (nSPS) is 14.5. The number of ether oxygens (including phenoxy) is 4. The Labute approximate surface area is 179 Å². The number of nitrogens with one attached hydrogen (secondary N) is 1. The average molecular weight is 428 g/mol. The molecule has 6 nitrogen and oxygen atoms in total. The lowest BCUT2D eigenvalue weighted by atomic mass is 10.1. The summed E-state index contributed by atoms with van der Waals surface area (Å²) < 4.78 is 23.5. The van der Waals surface area contributed by atoms with E-state index in [1.807, 2.05) is 36.4 Å². The summed E-state index contributed by atoms with van der Waals surface area (Å²) >= 11 is 1.41. The Hall–Kier alpha value is -2.77. The first kappa shape index (κ1) is 20.5. The highest BCUT2D eigenvalue weighted by molar-refractivity contribution is 7.21. The minimum atomic E-state index is -0.387. The van der Waals surface area contributed by atoms with E-state index in [0.29, 0.717) is 22.1 Å². The largest absolute Gasteiger partial charge is 0.497 e. The van der Waals surface area contributed by atoms with Gasteiger partial charge in [-0.1, -0.05) is 12.1 Å². The SMILES string of the molecule is COc1cc(COC(=O)c2sc3ccccc3c2OC2CCNCC2)cc(OC)c1. The van der Waals surface area contributed by atoms with Crippen molar-refractivity contribution < 1.29 is 23.7 Å². The number of hydrogen-bond acceptors (Lipinski definition) is 7. The van der Waals surface area contributed by atoms with Gasteiger partial charge in [0.15, 0.2) is 10.6 Å². The number of carbonyl (C=O) groups excluding carboxylic acids is 1. The Balaban J connectivity index is 1.56. The molecule has 1 aliphatic heterocycles. The fraction of sp³-hybridized carbons (Fsp3) is 0.348. The highest BCUT2D eigenvalue weighted by atomic mass is 32.1. The van der Waals surface area contributed by atoms with Crippen LogP contribution in [0.25, 0.3) is 10.1 Å². The molecule has 0 aliphatic carbocycles. The van der Waals surface area contributed by atoms with Crippen LogP contribution >= 0.6 is 11.3 Å². The Morgan fingerprint density at radius 2 is 1.77 bits per heavy atom. The van der Waals surface area contributed by atoms with Crippen LogP contribution in [-0.2, 0) is 11.3 Å². The first-order valence-electron chi connectivity index (χ1n) is 9.96. The molecule has 1 aliphatic rings. The maximum Gasteiger partial charge on any atom is 0.352 e. The molecule has 0 spiro atoms. The second kappa shape index (κ2) is 9.36. The summed E-state index contributed by atoms with van der Waals surface area (Å²) in [6, 6.07) is 13.3. The van der Waals surface area contributed by atoms with E-state index < -0.39 is 0 Å². The molecule has 0 bridgehead atoms. The van der Waals surface area contributed by atoms with Crippen LogP contribution in [0, 0.1) is 0 Å². The van der Waals surface area contributed by atoms with Gasteiger partial charge in [0.1, 0.15) is 24.2 Å². The average Bonchev–Trinajstić information content (AvgIpc) is 3.16. The number of rotatable bonds is 7. The van der Waals surface area contributed by atoms with Crippen molar-refractivity contribution in [2.45, 2.75) is 25.6 Å². The molecule has 1 fully saturated rings. The van der Waals surface area contributed by atoms with Crippen LogP contribution < -0.4 is 19.5 Å². The molecule has 1 aromatic heterocycles. The second-order valence-electron chi connectivity index (χ2n) is 7.12. The van der Waals surface area contributed by atoms with Crippen LogP contribution in [0.1, 0.15) is 28.1 Å². The van der Waals surface area contributed by atoms with Gasteiger partial charge in [-0.05, 0) is 55.8 Å². The van der Waals surface area contributed by atoms with Gasteiger partial charge in [0.05, 0.1) is 14.2 Å². The number of esters is 1. The van der Waals surface area contributed by atoms with Gasteiger partial charge in [0, 0.05) is 16.2 Å². The summed E-state index contributed by atoms with van der Waals surface area (Å²) in [5.41, 5.74) is 0.793. The van der Waals surface area contributed by atoms with Gasteiger partial charge in [0.25, 0.3) is 0 Å². The molecule has 0 saturated carbocycles. The van der Waals surface area contributed by atoms with E-state index in [1.54, 1.807) is 20.3 Å². The van der Waals surface area contributed by atoms with Crippen LogP contribution in [0.2, 0.25) is 0 Å². The molecule has 158 valence electrons. The standard InChI is InChI=1S/C23H25NO5S/c1-26-17-11-15(12-18(13-17)27-2)14-28-23(25)22-21(29-16-7-9-24-10-8-16)19-5-3-4-6-20(19)30-22/h3-6,11-13,16,24H,7-10,14H2,1-2H3. The van der Waals surface area contributed by atoms with Crippen molar-refractivity contribution >= 4 is 27.4 Å². The van der Waals surface area contributed by atoms with Gasteiger partial charge in [-0.15, -0.1) is 11.3 Å². The number of piperidine rings is 1. The number of carbonyl (C=O) groups is 1. The van der Waals surface area contributed by atoms with E-state index in [4.69, 9.17) is 18.9 Å². The summed E-state index contributed by atoms with van der Waals surface area (Å²) in [6.07, 6.45) is 1.93. The molecule has 30 heavy (non-hydrogen) atoms. The van der Waals surface area contributed by atoms with Crippen molar-refractivity contribution in [3.8, 4) is 17.2 Å². The van der Waals surface area contributed by atoms with Crippen LogP contribution in [0.3, 0.4) is 0 Å². The van der Waals surface area contributed by atoms with E-state index >= 15 is 0 Å². The molecule has 0 unspecified atom stereocenters. The molecule has 0 radical (unpaired) electrons. The van der Waals surface area contributed by atoms with Crippen molar-refractivity contribution in [2.24, 2.45) is 0 Å². The zero-order chi connectivity index (χ0) is 20.9. The van der Waals surface area contributed by atoms with Crippen molar-refractivity contribution in [3.63, 3.8) is 0 Å². The highest BCUT2D eigenvalue weighted by Crippen LogP contribution is 2.39. The first-order chi connectivity index (χ1) is 14.7. The zero-order valence-electron chi connectivity index (χ0n) is 17.1. The van der Waals surface area contributed by atoms with Crippen LogP contribution in [0.15, 0.2) is 42.5 Å². The minimum Gasteiger partial charge on any atom is -0.497 e. The molecule has 1 saturated heterocycles. The van der Waals surface area contributed by atoms with Crippen molar-refractivity contribution in [2.75, 3.05) is 27.3 Å². The predicted molar refractivity (Wildman–Crippen MR) is 117 cm³/mol. The van der Waals surface area contributed by atoms with Gasteiger partial charge < -0.3 is 24.3 Å². The van der Waals surface area contributed by atoms with E-state index in [9.17, 15) is 4.79 Å². The Morgan fingerprint density at radius 1 is 1.07 bits per heavy atom. The molecule has 2 heterocycles. The van der Waals surface area contributed by atoms with Gasteiger partial charge in [-0.3, -0.25) is 0 Å². The van der Waals surface area contributed by atoms with Gasteiger partial charge in [0.2, 0.25) is 0 Å². The lowest BCUT2D eigenvalue weighted by Crippen LogP contribution is -2.34. The molecule has 1 N–H and O–H groups in total. The summed E-state index contributed by atoms with van der Waals surface area (Å²) in [6.45, 7) is 1.96. The summed E-state index contributed by atoms with van der Waals surface area (Å²) in [5.74, 6) is 1.55. The van der Waals surface area contributed by atoms with Crippen molar-refractivity contribution in [1.29, 1.82) is 0 Å². The molecular weight excluding hydrogens is 402 g/mol. The number of hydrogen-bond donors (Lipinski definition) is 1.